The van der Waals surface area contributed by atoms with Crippen LogP contribution in [-0.4, -0.2) is 35.3 Å². The molecule has 0 aliphatic heterocycles. The Labute approximate surface area is 246 Å². The van der Waals surface area contributed by atoms with Crippen molar-refractivity contribution >= 4 is 53.5 Å². The Kier molecular flexibility index (Phi) is 20.3. The number of alkyl halides is 2. The molecule has 2 atom stereocenters. The second-order valence-electron chi connectivity index (χ2n) is 11.3. The molecule has 38 heavy (non-hydrogen) atoms. The Morgan fingerprint density at radius 3 is 1.58 bits per heavy atom. The van der Waals surface area contributed by atoms with Crippen molar-refractivity contribution in [2.24, 2.45) is 29.5 Å². The van der Waals surface area contributed by atoms with Crippen LogP contribution in [0.3, 0.4) is 0 Å². The Bertz CT molecular complexity index is 667. The Morgan fingerprint density at radius 2 is 1.21 bits per heavy atom. The number of nitrogens with two attached hydrogens (primary N) is 1. The highest BCUT2D eigenvalue weighted by Crippen LogP contribution is 2.33. The van der Waals surface area contributed by atoms with Gasteiger partial charge in [-0.15, -0.1) is 35.6 Å². The van der Waals surface area contributed by atoms with Crippen molar-refractivity contribution < 1.29 is 19.1 Å². The molecular weight excluding hydrogens is 551 g/mol. The highest BCUT2D eigenvalue weighted by Gasteiger charge is 2.30. The van der Waals surface area contributed by atoms with Crippen LogP contribution in [0.5, 0.6) is 0 Å². The van der Waals surface area contributed by atoms with Gasteiger partial charge in [-0.1, -0.05) is 38.5 Å². The van der Waals surface area contributed by atoms with Crippen LogP contribution in [0.2, 0.25) is 0 Å². The summed E-state index contributed by atoms with van der Waals surface area (Å²) in [5.74, 6) is 7.15. The molecule has 2 aliphatic rings. The average molecular weight is 602 g/mol. The molecule has 0 aromatic rings. The number of rotatable bonds is 10. The first-order chi connectivity index (χ1) is 17.6. The summed E-state index contributed by atoms with van der Waals surface area (Å²) < 4.78 is 5.11. The molecule has 0 bridgehead atoms. The summed E-state index contributed by atoms with van der Waals surface area (Å²) in [6.45, 7) is 5.33. The van der Waals surface area contributed by atoms with Crippen molar-refractivity contribution in [1.29, 1.82) is 0 Å². The summed E-state index contributed by atoms with van der Waals surface area (Å²) in [4.78, 5) is 35.6. The largest absolute Gasteiger partial charge is 0.443 e. The number of hydrogen-bond donors (Lipinski definition) is 4. The predicted molar refractivity (Wildman–Crippen MR) is 157 cm³/mol. The van der Waals surface area contributed by atoms with E-state index < -0.39 is 11.7 Å². The number of ether oxygens (including phenoxy) is 1. The Balaban J connectivity index is 0.000000750. The predicted octanol–water partition coefficient (Wildman–Crippen LogP) is 6.37. The molecule has 0 heterocycles. The maximum absolute atomic E-state index is 12.4. The van der Waals surface area contributed by atoms with Crippen molar-refractivity contribution in [2.45, 2.75) is 116 Å². The summed E-state index contributed by atoms with van der Waals surface area (Å²) in [7, 11) is 0. The molecule has 11 heteroatoms. The van der Waals surface area contributed by atoms with Crippen LogP contribution in [0.1, 0.15) is 111 Å². The number of halogens is 3. The zero-order chi connectivity index (χ0) is 27.7. The van der Waals surface area contributed by atoms with Gasteiger partial charge in [-0.2, -0.15) is 0 Å². The van der Waals surface area contributed by atoms with Crippen LogP contribution in [0, 0.1) is 23.7 Å². The van der Waals surface area contributed by atoms with E-state index in [0.29, 0.717) is 23.6 Å². The summed E-state index contributed by atoms with van der Waals surface area (Å²) in [6.07, 6.45) is 14.6. The molecule has 8 nitrogen and oxygen atoms in total. The van der Waals surface area contributed by atoms with E-state index in [2.05, 4.69) is 16.3 Å². The Hall–Kier alpha value is -0.960. The van der Waals surface area contributed by atoms with Crippen molar-refractivity contribution in [3.05, 3.63) is 0 Å². The van der Waals surface area contributed by atoms with Gasteiger partial charge in [0, 0.05) is 23.6 Å². The minimum absolute atomic E-state index is 0. The van der Waals surface area contributed by atoms with E-state index in [-0.39, 0.29) is 36.1 Å². The fourth-order valence-corrected chi connectivity index (χ4v) is 5.75. The van der Waals surface area contributed by atoms with Crippen LogP contribution in [0.4, 0.5) is 4.79 Å². The molecular formula is C27H51Cl3N4O4. The monoisotopic (exact) mass is 600 g/mol. The lowest BCUT2D eigenvalue weighted by Crippen LogP contribution is -2.48. The van der Waals surface area contributed by atoms with Crippen LogP contribution in [0.15, 0.2) is 0 Å². The highest BCUT2D eigenvalue weighted by atomic mass is 35.5. The third-order valence-corrected chi connectivity index (χ3v) is 7.77. The van der Waals surface area contributed by atoms with Gasteiger partial charge in [0.2, 0.25) is 11.8 Å². The van der Waals surface area contributed by atoms with Gasteiger partial charge >= 0.3 is 6.09 Å². The molecule has 0 aromatic carbocycles. The zero-order valence-electron chi connectivity index (χ0n) is 23.5. The van der Waals surface area contributed by atoms with Gasteiger partial charge in [0.05, 0.1) is 0 Å². The van der Waals surface area contributed by atoms with E-state index in [1.807, 2.05) is 0 Å². The molecule has 0 spiro atoms. The standard InChI is InChI=1S/C16H29ClN2O3.C11H21ClN2O.ClH/c1-16(2,3)22-15(21)19-18-14(20)13(10-7-11-17)12-8-5-4-6-9-12;12-8-4-7-10(11(15)14-13)9-5-2-1-3-6-9;/h12-13H,4-11H2,1-3H3,(H,18,20)(H,19,21);9-10H,1-8,13H2,(H,14,15);1H. The summed E-state index contributed by atoms with van der Waals surface area (Å²) >= 11 is 11.4. The summed E-state index contributed by atoms with van der Waals surface area (Å²) in [6, 6.07) is 0. The molecule has 0 radical (unpaired) electrons. The van der Waals surface area contributed by atoms with E-state index in [9.17, 15) is 14.4 Å². The second kappa shape index (κ2) is 20.9. The summed E-state index contributed by atoms with van der Waals surface area (Å²) in [5.41, 5.74) is 6.55. The molecule has 2 aliphatic carbocycles. The smallest absolute Gasteiger partial charge is 0.426 e. The van der Waals surface area contributed by atoms with Crippen molar-refractivity contribution in [2.75, 3.05) is 11.8 Å². The first-order valence-electron chi connectivity index (χ1n) is 14.0. The van der Waals surface area contributed by atoms with E-state index in [4.69, 9.17) is 33.8 Å². The number of carbonyl (C=O) groups excluding carboxylic acids is 3. The lowest BCUT2D eigenvalue weighted by Gasteiger charge is -2.29. The van der Waals surface area contributed by atoms with Gasteiger partial charge in [-0.25, -0.2) is 16.1 Å². The molecule has 2 rings (SSSR count). The molecule has 2 saturated carbocycles. The van der Waals surface area contributed by atoms with Crippen molar-refractivity contribution in [1.82, 2.24) is 16.3 Å². The van der Waals surface area contributed by atoms with Gasteiger partial charge in [-0.3, -0.25) is 20.4 Å². The molecule has 2 fully saturated rings. The third kappa shape index (κ3) is 15.6. The number of carbonyl (C=O) groups is 3. The topological polar surface area (TPSA) is 123 Å². The van der Waals surface area contributed by atoms with Gasteiger partial charge in [0.15, 0.2) is 0 Å². The van der Waals surface area contributed by atoms with Gasteiger partial charge in [0.25, 0.3) is 0 Å². The van der Waals surface area contributed by atoms with Crippen LogP contribution in [0.25, 0.3) is 0 Å². The van der Waals surface area contributed by atoms with E-state index in [1.54, 1.807) is 20.8 Å². The van der Waals surface area contributed by atoms with E-state index in [0.717, 1.165) is 38.5 Å². The van der Waals surface area contributed by atoms with Gasteiger partial charge < -0.3 is 4.74 Å². The minimum Gasteiger partial charge on any atom is -0.443 e. The highest BCUT2D eigenvalue weighted by molar-refractivity contribution is 6.18. The lowest BCUT2D eigenvalue weighted by atomic mass is 9.78. The second-order valence-corrected chi connectivity index (χ2v) is 12.1. The first kappa shape index (κ1) is 37.0. The molecule has 224 valence electrons. The molecule has 5 N–H and O–H groups in total. The number of amides is 3. The average Bonchev–Trinajstić information content (AvgIpc) is 2.88. The quantitative estimate of drug-likeness (QED) is 0.100. The molecule has 2 unspecified atom stereocenters. The summed E-state index contributed by atoms with van der Waals surface area (Å²) in [5, 5.41) is 0. The third-order valence-electron chi connectivity index (χ3n) is 7.24. The number of nitrogens with one attached hydrogen (secondary N) is 3. The zero-order valence-corrected chi connectivity index (χ0v) is 25.8. The molecule has 0 saturated heterocycles. The van der Waals surface area contributed by atoms with E-state index >= 15 is 0 Å². The van der Waals surface area contributed by atoms with Crippen molar-refractivity contribution in [3.63, 3.8) is 0 Å². The fourth-order valence-electron chi connectivity index (χ4n) is 5.44. The maximum atomic E-state index is 12.4. The minimum atomic E-state index is -0.638. The van der Waals surface area contributed by atoms with Gasteiger partial charge in [-0.05, 0) is 84.0 Å². The van der Waals surface area contributed by atoms with Crippen molar-refractivity contribution in [3.8, 4) is 0 Å². The van der Waals surface area contributed by atoms with Crippen LogP contribution >= 0.6 is 35.6 Å². The van der Waals surface area contributed by atoms with Gasteiger partial charge in [0.1, 0.15) is 5.60 Å². The first-order valence-corrected chi connectivity index (χ1v) is 15.1. The molecule has 3 amide bonds. The number of hydrogen-bond acceptors (Lipinski definition) is 5. The fraction of sp³-hybridized carbons (Fsp3) is 0.889. The lowest BCUT2D eigenvalue weighted by molar-refractivity contribution is -0.128. The maximum Gasteiger partial charge on any atom is 0.426 e. The normalized spacial score (nSPS) is 18.1. The number of hydrazine groups is 2. The van der Waals surface area contributed by atoms with E-state index in [1.165, 1.54) is 51.4 Å². The van der Waals surface area contributed by atoms with Crippen LogP contribution < -0.4 is 22.1 Å². The SMILES string of the molecule is CC(C)(C)OC(=O)NNC(=O)C(CCCCl)C1CCCCC1.Cl.NNC(=O)C(CCCCl)C1CCCCC1. The Morgan fingerprint density at radius 1 is 0.789 bits per heavy atom. The molecule has 0 aromatic heterocycles. The van der Waals surface area contributed by atoms with Crippen LogP contribution in [-0.2, 0) is 14.3 Å².